The molecule has 0 saturated heterocycles. The third-order valence-electron chi connectivity index (χ3n) is 12.4. The number of furan rings is 1. The molecule has 11 aromatic rings. The summed E-state index contributed by atoms with van der Waals surface area (Å²) in [5.41, 5.74) is 16.4. The van der Waals surface area contributed by atoms with Crippen molar-refractivity contribution in [1.82, 2.24) is 0 Å². The van der Waals surface area contributed by atoms with Crippen LogP contribution in [0.4, 0.5) is 17.1 Å². The monoisotopic (exact) mass is 805 g/mol. The lowest BCUT2D eigenvalue weighted by Gasteiger charge is -2.37. The molecule has 0 N–H and O–H groups in total. The molecule has 0 amide bonds. The van der Waals surface area contributed by atoms with Gasteiger partial charge in [0.2, 0.25) is 0 Å². The van der Waals surface area contributed by atoms with E-state index in [1.54, 1.807) is 0 Å². The van der Waals surface area contributed by atoms with Gasteiger partial charge in [-0.25, -0.2) is 0 Å². The van der Waals surface area contributed by atoms with Gasteiger partial charge in [-0.3, -0.25) is 0 Å². The predicted molar refractivity (Wildman–Crippen MR) is 263 cm³/mol. The number of para-hydroxylation sites is 1. The van der Waals surface area contributed by atoms with E-state index in [1.165, 1.54) is 33.4 Å². The van der Waals surface area contributed by atoms with Crippen LogP contribution in [0, 0.1) is 0 Å². The summed E-state index contributed by atoms with van der Waals surface area (Å²) >= 11 is 0. The Balaban J connectivity index is 0.975. The van der Waals surface area contributed by atoms with Gasteiger partial charge < -0.3 is 9.32 Å². The third-order valence-corrected chi connectivity index (χ3v) is 12.4. The van der Waals surface area contributed by atoms with Crippen molar-refractivity contribution < 1.29 is 4.42 Å². The SMILES string of the molecule is c1ccc(-c2ccc(N(c3ccc(-c4ccc(C(c5ccccc5)(c5ccccc5)c5ccccc5)cc4)cc3)c3cccc(-c4ccc5oc6ccccc6c5c4)c3)cc2)cc1. The van der Waals surface area contributed by atoms with E-state index in [-0.39, 0.29) is 0 Å². The zero-order chi connectivity index (χ0) is 42.0. The number of nitrogens with zero attached hydrogens (tertiary/aromatic N) is 1. The van der Waals surface area contributed by atoms with E-state index >= 15 is 0 Å². The van der Waals surface area contributed by atoms with Gasteiger partial charge in [-0.1, -0.05) is 206 Å². The highest BCUT2D eigenvalue weighted by atomic mass is 16.3. The first-order valence-corrected chi connectivity index (χ1v) is 21.6. The molecule has 1 aromatic heterocycles. The van der Waals surface area contributed by atoms with Crippen molar-refractivity contribution in [3.63, 3.8) is 0 Å². The zero-order valence-corrected chi connectivity index (χ0v) is 34.7. The lowest BCUT2D eigenvalue weighted by atomic mass is 9.65. The Kier molecular flexibility index (Phi) is 9.80. The van der Waals surface area contributed by atoms with E-state index < -0.39 is 5.41 Å². The highest BCUT2D eigenvalue weighted by molar-refractivity contribution is 6.06. The molecule has 11 rings (SSSR count). The lowest BCUT2D eigenvalue weighted by Crippen LogP contribution is -2.30. The molecule has 0 aliphatic carbocycles. The Hall–Kier alpha value is -8.20. The maximum absolute atomic E-state index is 6.17. The van der Waals surface area contributed by atoms with Gasteiger partial charge in [0.05, 0.1) is 5.41 Å². The van der Waals surface area contributed by atoms with E-state index in [1.807, 2.05) is 12.1 Å². The summed E-state index contributed by atoms with van der Waals surface area (Å²) in [5, 5.41) is 2.25. The molecule has 0 radical (unpaired) electrons. The van der Waals surface area contributed by atoms with Gasteiger partial charge in [-0.15, -0.1) is 0 Å². The quantitative estimate of drug-likeness (QED) is 0.128. The van der Waals surface area contributed by atoms with Crippen molar-refractivity contribution in [2.45, 2.75) is 5.41 Å². The van der Waals surface area contributed by atoms with Gasteiger partial charge in [0, 0.05) is 27.8 Å². The van der Waals surface area contributed by atoms with Crippen molar-refractivity contribution in [3.8, 4) is 33.4 Å². The van der Waals surface area contributed by atoms with E-state index in [9.17, 15) is 0 Å². The lowest BCUT2D eigenvalue weighted by molar-refractivity contribution is 0.669. The number of benzene rings is 10. The predicted octanol–water partition coefficient (Wildman–Crippen LogP) is 16.4. The molecule has 1 heterocycles. The van der Waals surface area contributed by atoms with E-state index in [0.717, 1.165) is 61.3 Å². The van der Waals surface area contributed by atoms with Crippen molar-refractivity contribution in [2.75, 3.05) is 4.90 Å². The second kappa shape index (κ2) is 16.3. The second-order valence-corrected chi connectivity index (χ2v) is 16.1. The molecule has 0 spiro atoms. The molecule has 0 fully saturated rings. The van der Waals surface area contributed by atoms with E-state index in [0.29, 0.717) is 0 Å². The highest BCUT2D eigenvalue weighted by Gasteiger charge is 2.38. The molecule has 0 saturated carbocycles. The van der Waals surface area contributed by atoms with E-state index in [4.69, 9.17) is 4.42 Å². The fourth-order valence-electron chi connectivity index (χ4n) is 9.39. The van der Waals surface area contributed by atoms with Crippen molar-refractivity contribution in [2.24, 2.45) is 0 Å². The molecule has 0 bridgehead atoms. The fraction of sp³-hybridized carbons (Fsp3) is 0.0164. The summed E-state index contributed by atoms with van der Waals surface area (Å²) in [6.07, 6.45) is 0. The summed E-state index contributed by atoms with van der Waals surface area (Å²) in [5.74, 6) is 0. The molecule has 63 heavy (non-hydrogen) atoms. The number of rotatable bonds is 10. The maximum atomic E-state index is 6.17. The Morgan fingerprint density at radius 2 is 0.651 bits per heavy atom. The molecule has 10 aromatic carbocycles. The van der Waals surface area contributed by atoms with Crippen LogP contribution in [0.25, 0.3) is 55.3 Å². The zero-order valence-electron chi connectivity index (χ0n) is 34.7. The largest absolute Gasteiger partial charge is 0.456 e. The molecular formula is C61H43NO. The molecule has 0 aliphatic rings. The summed E-state index contributed by atoms with van der Waals surface area (Å²) < 4.78 is 6.17. The topological polar surface area (TPSA) is 16.4 Å². The Bertz CT molecular complexity index is 3190. The summed E-state index contributed by atoms with van der Waals surface area (Å²) in [6, 6.07) is 93.9. The Morgan fingerprint density at radius 3 is 1.21 bits per heavy atom. The van der Waals surface area contributed by atoms with Crippen LogP contribution in [0.5, 0.6) is 0 Å². The smallest absolute Gasteiger partial charge is 0.135 e. The van der Waals surface area contributed by atoms with Gasteiger partial charge in [0.1, 0.15) is 11.2 Å². The minimum atomic E-state index is -0.491. The number of fused-ring (bicyclic) bond motifs is 3. The van der Waals surface area contributed by atoms with E-state index in [2.05, 4.69) is 254 Å². The van der Waals surface area contributed by atoms with Gasteiger partial charge in [-0.05, 0) is 110 Å². The van der Waals surface area contributed by atoms with Crippen LogP contribution >= 0.6 is 0 Å². The molecular weight excluding hydrogens is 763 g/mol. The maximum Gasteiger partial charge on any atom is 0.135 e. The van der Waals surface area contributed by atoms with Crippen LogP contribution in [-0.4, -0.2) is 0 Å². The summed E-state index contributed by atoms with van der Waals surface area (Å²) in [4.78, 5) is 2.35. The highest BCUT2D eigenvalue weighted by Crippen LogP contribution is 2.46. The van der Waals surface area contributed by atoms with Crippen molar-refractivity contribution in [3.05, 3.63) is 283 Å². The van der Waals surface area contributed by atoms with Crippen molar-refractivity contribution in [1.29, 1.82) is 0 Å². The molecule has 2 nitrogen and oxygen atoms in total. The standard InChI is InChI=1S/C61H43NO/c1-5-16-44(17-6-1)46-30-37-54(38-31-46)62(56-25-15-18-48(42-56)49-34-41-60-58(43-49)57-26-13-14-27-59(57)63-60)55-39-32-47(33-40-55)45-28-35-53(36-29-45)61(50-19-7-2-8-20-50,51-21-9-3-10-22-51)52-23-11-4-12-24-52/h1-43H. The number of hydrogen-bond acceptors (Lipinski definition) is 2. The fourth-order valence-corrected chi connectivity index (χ4v) is 9.39. The van der Waals surface area contributed by atoms with Crippen LogP contribution < -0.4 is 4.90 Å². The number of hydrogen-bond donors (Lipinski definition) is 0. The van der Waals surface area contributed by atoms with Gasteiger partial charge in [-0.2, -0.15) is 0 Å². The first-order chi connectivity index (χ1) is 31.2. The molecule has 298 valence electrons. The van der Waals surface area contributed by atoms with Crippen molar-refractivity contribution >= 4 is 39.0 Å². The summed E-state index contributed by atoms with van der Waals surface area (Å²) in [6.45, 7) is 0. The van der Waals surface area contributed by atoms with Crippen LogP contribution in [-0.2, 0) is 5.41 Å². The Morgan fingerprint density at radius 1 is 0.254 bits per heavy atom. The van der Waals surface area contributed by atoms with Gasteiger partial charge in [0.25, 0.3) is 0 Å². The van der Waals surface area contributed by atoms with Crippen LogP contribution in [0.2, 0.25) is 0 Å². The average Bonchev–Trinajstić information content (AvgIpc) is 3.75. The number of anilines is 3. The first-order valence-electron chi connectivity index (χ1n) is 21.6. The third kappa shape index (κ3) is 6.98. The minimum absolute atomic E-state index is 0.491. The molecule has 0 atom stereocenters. The minimum Gasteiger partial charge on any atom is -0.456 e. The average molecular weight is 806 g/mol. The van der Waals surface area contributed by atoms with Gasteiger partial charge in [0.15, 0.2) is 0 Å². The molecule has 2 heteroatoms. The second-order valence-electron chi connectivity index (χ2n) is 16.1. The van der Waals surface area contributed by atoms with Crippen LogP contribution in [0.1, 0.15) is 22.3 Å². The van der Waals surface area contributed by atoms with Gasteiger partial charge >= 0.3 is 0 Å². The summed E-state index contributed by atoms with van der Waals surface area (Å²) in [7, 11) is 0. The molecule has 0 aliphatic heterocycles. The molecule has 0 unspecified atom stereocenters. The Labute approximate surface area is 368 Å². The first kappa shape index (κ1) is 37.8. The van der Waals surface area contributed by atoms with Crippen LogP contribution in [0.15, 0.2) is 265 Å². The normalized spacial score (nSPS) is 11.5. The van der Waals surface area contributed by atoms with Crippen LogP contribution in [0.3, 0.4) is 0 Å².